The van der Waals surface area contributed by atoms with Crippen LogP contribution in [0.5, 0.6) is 0 Å². The summed E-state index contributed by atoms with van der Waals surface area (Å²) in [6.07, 6.45) is 8.53. The van der Waals surface area contributed by atoms with Crippen LogP contribution in [0.2, 0.25) is 0 Å². The highest BCUT2D eigenvalue weighted by atomic mass is 79.9. The van der Waals surface area contributed by atoms with E-state index in [1.807, 2.05) is 19.1 Å². The summed E-state index contributed by atoms with van der Waals surface area (Å²) in [6, 6.07) is 2.81. The lowest BCUT2D eigenvalue weighted by atomic mass is 9.86. The monoisotopic (exact) mass is 552 g/mol. The van der Waals surface area contributed by atoms with Crippen molar-refractivity contribution < 1.29 is 27.5 Å². The third-order valence-electron chi connectivity index (χ3n) is 6.47. The van der Waals surface area contributed by atoms with Crippen molar-refractivity contribution in [1.29, 1.82) is 0 Å². The summed E-state index contributed by atoms with van der Waals surface area (Å²) in [5.74, 6) is -0.0951. The molecule has 184 valence electrons. The fraction of sp³-hybridized carbons (Fsp3) is 0.500. The summed E-state index contributed by atoms with van der Waals surface area (Å²) in [4.78, 5) is 27.8. The minimum atomic E-state index is -3.49. The van der Waals surface area contributed by atoms with Crippen LogP contribution in [-0.2, 0) is 30.7 Å². The van der Waals surface area contributed by atoms with E-state index in [9.17, 15) is 18.0 Å². The molecule has 0 radical (unpaired) electrons. The summed E-state index contributed by atoms with van der Waals surface area (Å²) in [7, 11) is -1.97. The number of amides is 2. The Kier molecular flexibility index (Phi) is 6.94. The van der Waals surface area contributed by atoms with Crippen LogP contribution in [0.3, 0.4) is 0 Å². The first kappa shape index (κ1) is 24.9. The van der Waals surface area contributed by atoms with Crippen LogP contribution in [0, 0.1) is 5.92 Å². The van der Waals surface area contributed by atoms with E-state index in [0.717, 1.165) is 24.7 Å². The van der Waals surface area contributed by atoms with Gasteiger partial charge in [-0.05, 0) is 53.4 Å². The Labute approximate surface area is 208 Å². The summed E-state index contributed by atoms with van der Waals surface area (Å²) in [6.45, 7) is 2.54. The summed E-state index contributed by atoms with van der Waals surface area (Å²) >= 11 is 3.47. The molecule has 1 aromatic carbocycles. The average molecular weight is 553 g/mol. The van der Waals surface area contributed by atoms with Gasteiger partial charge >= 0.3 is 0 Å². The molecule has 1 N–H and O–H groups in total. The zero-order chi connectivity index (χ0) is 24.7. The number of carbonyl (C=O) groups is 2. The Hall–Kier alpha value is -2.17. The molecule has 0 aromatic heterocycles. The van der Waals surface area contributed by atoms with Crippen LogP contribution >= 0.6 is 15.9 Å². The molecule has 0 bridgehead atoms. The van der Waals surface area contributed by atoms with Gasteiger partial charge in [0, 0.05) is 36.7 Å². The fourth-order valence-corrected chi connectivity index (χ4v) is 6.08. The second-order valence-corrected chi connectivity index (χ2v) is 12.1. The van der Waals surface area contributed by atoms with E-state index in [4.69, 9.17) is 9.47 Å². The van der Waals surface area contributed by atoms with Gasteiger partial charge < -0.3 is 19.7 Å². The molecule has 1 saturated carbocycles. The van der Waals surface area contributed by atoms with Gasteiger partial charge in [-0.15, -0.1) is 0 Å². The second-order valence-electron chi connectivity index (χ2n) is 9.02. The van der Waals surface area contributed by atoms with Gasteiger partial charge in [-0.25, -0.2) is 8.42 Å². The number of anilines is 1. The molecule has 1 unspecified atom stereocenters. The molecule has 1 aliphatic heterocycles. The highest BCUT2D eigenvalue weighted by molar-refractivity contribution is 9.10. The molecule has 1 fully saturated rings. The van der Waals surface area contributed by atoms with Crippen molar-refractivity contribution in [2.24, 2.45) is 5.92 Å². The van der Waals surface area contributed by atoms with Crippen LogP contribution in [-0.4, -0.2) is 62.5 Å². The maximum absolute atomic E-state index is 13.8. The minimum absolute atomic E-state index is 0.0266. The molecular formula is C24H29BrN2O6S. The van der Waals surface area contributed by atoms with Crippen molar-refractivity contribution in [2.75, 3.05) is 31.0 Å². The fourth-order valence-electron chi connectivity index (χ4n) is 4.62. The number of benzene rings is 1. The third kappa shape index (κ3) is 4.94. The van der Waals surface area contributed by atoms with E-state index in [1.54, 1.807) is 23.1 Å². The quantitative estimate of drug-likeness (QED) is 0.503. The van der Waals surface area contributed by atoms with E-state index >= 15 is 0 Å². The van der Waals surface area contributed by atoms with E-state index in [0.29, 0.717) is 34.5 Å². The van der Waals surface area contributed by atoms with Crippen molar-refractivity contribution in [1.82, 2.24) is 4.90 Å². The molecule has 2 aliphatic carbocycles. The topological polar surface area (TPSA) is 102 Å². The Morgan fingerprint density at radius 3 is 2.71 bits per heavy atom. The SMILES string of the molecule is CCOC1=CC=CC(OC)([C@@H](CS(C)(=O)=O)N2Cc3ccc(Br)c(NC(=O)C4CC4)c3C2=O)C1. The van der Waals surface area contributed by atoms with Crippen molar-refractivity contribution >= 4 is 43.3 Å². The standard InChI is InChI=1S/C24H29BrN2O6S/c1-4-33-17-6-5-11-24(12-17,32-2)19(14-34(3,30)31)27-13-16-9-10-18(25)21(20(16)23(27)29)26-22(28)15-7-8-15/h5-6,9-11,15,19H,4,7-8,12-14H2,1-3H3,(H,26,28)/t19-,24?/m1/s1. The molecular weight excluding hydrogens is 524 g/mol. The van der Waals surface area contributed by atoms with Crippen LogP contribution in [0.25, 0.3) is 0 Å². The smallest absolute Gasteiger partial charge is 0.257 e. The number of ether oxygens (including phenoxy) is 2. The number of hydrogen-bond acceptors (Lipinski definition) is 6. The largest absolute Gasteiger partial charge is 0.498 e. The van der Waals surface area contributed by atoms with Gasteiger partial charge in [0.05, 0.1) is 35.4 Å². The zero-order valence-electron chi connectivity index (χ0n) is 19.5. The molecule has 4 rings (SSSR count). The predicted molar refractivity (Wildman–Crippen MR) is 132 cm³/mol. The number of hydrogen-bond donors (Lipinski definition) is 1. The second kappa shape index (κ2) is 9.47. The van der Waals surface area contributed by atoms with Crippen molar-refractivity contribution in [3.63, 3.8) is 0 Å². The normalized spacial score (nSPS) is 22.9. The van der Waals surface area contributed by atoms with Gasteiger partial charge in [0.1, 0.15) is 15.4 Å². The Balaban J connectivity index is 1.73. The van der Waals surface area contributed by atoms with E-state index in [1.165, 1.54) is 7.11 Å². The van der Waals surface area contributed by atoms with Crippen LogP contribution < -0.4 is 5.32 Å². The first-order valence-electron chi connectivity index (χ1n) is 11.3. The van der Waals surface area contributed by atoms with Crippen molar-refractivity contribution in [3.05, 3.63) is 51.7 Å². The number of methoxy groups -OCH3 is 1. The number of allylic oxidation sites excluding steroid dienone is 2. The van der Waals surface area contributed by atoms with Crippen molar-refractivity contribution in [2.45, 2.75) is 44.4 Å². The average Bonchev–Trinajstić information content (AvgIpc) is 3.58. The highest BCUT2D eigenvalue weighted by Crippen LogP contribution is 2.41. The molecule has 3 aliphatic rings. The first-order valence-corrected chi connectivity index (χ1v) is 14.1. The van der Waals surface area contributed by atoms with E-state index < -0.39 is 21.5 Å². The van der Waals surface area contributed by atoms with Gasteiger partial charge in [0.2, 0.25) is 5.91 Å². The third-order valence-corrected chi connectivity index (χ3v) is 8.06. The molecule has 34 heavy (non-hydrogen) atoms. The first-order chi connectivity index (χ1) is 16.1. The Morgan fingerprint density at radius 2 is 2.09 bits per heavy atom. The lowest BCUT2D eigenvalue weighted by Gasteiger charge is -2.43. The number of nitrogens with zero attached hydrogens (tertiary/aromatic N) is 1. The number of sulfone groups is 1. The molecule has 0 spiro atoms. The molecule has 2 amide bonds. The number of halogens is 1. The number of fused-ring (bicyclic) bond motifs is 1. The van der Waals surface area contributed by atoms with Gasteiger partial charge in [0.15, 0.2) is 0 Å². The summed E-state index contributed by atoms with van der Waals surface area (Å²) in [5, 5.41) is 2.91. The molecule has 2 atom stereocenters. The predicted octanol–water partition coefficient (Wildman–Crippen LogP) is 3.43. The van der Waals surface area contributed by atoms with E-state index in [-0.39, 0.29) is 30.0 Å². The Morgan fingerprint density at radius 1 is 1.35 bits per heavy atom. The maximum Gasteiger partial charge on any atom is 0.257 e. The lowest BCUT2D eigenvalue weighted by molar-refractivity contribution is -0.117. The van der Waals surface area contributed by atoms with Gasteiger partial charge in [-0.3, -0.25) is 9.59 Å². The molecule has 0 saturated heterocycles. The van der Waals surface area contributed by atoms with E-state index in [2.05, 4.69) is 21.2 Å². The number of nitrogens with one attached hydrogen (secondary N) is 1. The maximum atomic E-state index is 13.8. The van der Waals surface area contributed by atoms with Crippen LogP contribution in [0.15, 0.2) is 40.6 Å². The Bertz CT molecular complexity index is 1170. The highest BCUT2D eigenvalue weighted by Gasteiger charge is 2.48. The molecule has 1 heterocycles. The molecule has 1 aromatic rings. The van der Waals surface area contributed by atoms with Crippen molar-refractivity contribution in [3.8, 4) is 0 Å². The number of rotatable bonds is 9. The molecule has 10 heteroatoms. The van der Waals surface area contributed by atoms with Gasteiger partial charge in [-0.1, -0.05) is 18.2 Å². The van der Waals surface area contributed by atoms with Gasteiger partial charge in [0.25, 0.3) is 5.91 Å². The summed E-state index contributed by atoms with van der Waals surface area (Å²) in [5.41, 5.74) is 0.452. The zero-order valence-corrected chi connectivity index (χ0v) is 21.9. The lowest BCUT2D eigenvalue weighted by Crippen LogP contribution is -2.56. The summed E-state index contributed by atoms with van der Waals surface area (Å²) < 4.78 is 37.3. The number of carbonyl (C=O) groups excluding carboxylic acids is 2. The minimum Gasteiger partial charge on any atom is -0.498 e. The van der Waals surface area contributed by atoms with Crippen LogP contribution in [0.1, 0.15) is 42.1 Å². The molecule has 8 nitrogen and oxygen atoms in total. The van der Waals surface area contributed by atoms with Crippen LogP contribution in [0.4, 0.5) is 5.69 Å². The van der Waals surface area contributed by atoms with Gasteiger partial charge in [-0.2, -0.15) is 0 Å².